The minimum Gasteiger partial charge on any atom is -0.444 e. The van der Waals surface area contributed by atoms with Crippen molar-refractivity contribution in [1.82, 2.24) is 4.90 Å². The van der Waals surface area contributed by atoms with Crippen LogP contribution in [-0.4, -0.2) is 53.2 Å². The Bertz CT molecular complexity index is 872. The molecule has 2 fully saturated rings. The Morgan fingerprint density at radius 2 is 1.87 bits per heavy atom. The third kappa shape index (κ3) is 3.90. The van der Waals surface area contributed by atoms with E-state index >= 15 is 0 Å². The Morgan fingerprint density at radius 3 is 2.50 bits per heavy atom. The Kier molecular flexibility index (Phi) is 5.06. The number of likely N-dealkylation sites (tertiary alicyclic amines) is 1. The summed E-state index contributed by atoms with van der Waals surface area (Å²) in [6.07, 6.45) is 2.42. The van der Waals surface area contributed by atoms with Crippen molar-refractivity contribution in [3.63, 3.8) is 0 Å². The molecule has 1 aromatic rings. The molecule has 0 bridgehead atoms. The number of hydrogen-bond acceptors (Lipinski definition) is 5. The van der Waals surface area contributed by atoms with Gasteiger partial charge in [0.1, 0.15) is 5.60 Å². The van der Waals surface area contributed by atoms with E-state index < -0.39 is 12.7 Å². The summed E-state index contributed by atoms with van der Waals surface area (Å²) in [5, 5.41) is 0. The van der Waals surface area contributed by atoms with Gasteiger partial charge in [-0.3, -0.25) is 9.89 Å². The molecule has 1 aromatic carbocycles. The smallest absolute Gasteiger partial charge is 0.444 e. The van der Waals surface area contributed by atoms with E-state index in [0.29, 0.717) is 6.54 Å². The van der Waals surface area contributed by atoms with Crippen LogP contribution in [-0.2, 0) is 20.5 Å². The molecule has 6 nitrogen and oxygen atoms in total. The summed E-state index contributed by atoms with van der Waals surface area (Å²) in [6.45, 7) is 14.6. The fraction of sp³-hybridized carbons (Fsp3) is 0.652. The number of ether oxygens (including phenoxy) is 1. The monoisotopic (exact) mass is 412 g/mol. The summed E-state index contributed by atoms with van der Waals surface area (Å²) >= 11 is 0. The number of hydrogen-bond donors (Lipinski definition) is 0. The largest absolute Gasteiger partial charge is 0.494 e. The third-order valence-corrected chi connectivity index (χ3v) is 6.54. The van der Waals surface area contributed by atoms with E-state index in [4.69, 9.17) is 19.0 Å². The summed E-state index contributed by atoms with van der Waals surface area (Å²) in [5.74, 6) is 0. The molecule has 2 saturated heterocycles. The number of carbonyl (C=O) groups excluding carboxylic acids is 1. The van der Waals surface area contributed by atoms with Crippen LogP contribution in [0.25, 0.3) is 0 Å². The molecule has 3 aliphatic heterocycles. The molecule has 0 N–H and O–H groups in total. The van der Waals surface area contributed by atoms with Gasteiger partial charge in [-0.2, -0.15) is 0 Å². The average molecular weight is 412 g/mol. The van der Waals surface area contributed by atoms with Gasteiger partial charge in [0, 0.05) is 18.7 Å². The zero-order valence-corrected chi connectivity index (χ0v) is 19.2. The van der Waals surface area contributed by atoms with Crippen LogP contribution >= 0.6 is 0 Å². The van der Waals surface area contributed by atoms with Crippen molar-refractivity contribution in [2.45, 2.75) is 90.6 Å². The van der Waals surface area contributed by atoms with Crippen molar-refractivity contribution < 1.29 is 18.8 Å². The first-order valence-electron chi connectivity index (χ1n) is 10.9. The molecule has 0 unspecified atom stereocenters. The lowest BCUT2D eigenvalue weighted by molar-refractivity contribution is 0.00578. The van der Waals surface area contributed by atoms with Crippen LogP contribution in [0.4, 0.5) is 10.5 Å². The number of amides is 1. The summed E-state index contributed by atoms with van der Waals surface area (Å²) in [7, 11) is -0.399. The predicted octanol–water partition coefficient (Wildman–Crippen LogP) is 4.01. The van der Waals surface area contributed by atoms with Gasteiger partial charge in [0.15, 0.2) is 0 Å². The highest BCUT2D eigenvalue weighted by Gasteiger charge is 2.51. The van der Waals surface area contributed by atoms with Gasteiger partial charge in [-0.15, -0.1) is 0 Å². The van der Waals surface area contributed by atoms with E-state index in [1.54, 1.807) is 0 Å². The van der Waals surface area contributed by atoms with Gasteiger partial charge in [0.2, 0.25) is 0 Å². The van der Waals surface area contributed by atoms with E-state index in [2.05, 4.69) is 45.9 Å². The summed E-state index contributed by atoms with van der Waals surface area (Å²) in [6, 6.07) is 6.25. The zero-order chi connectivity index (χ0) is 21.9. The second-order valence-corrected chi connectivity index (χ2v) is 10.6. The van der Waals surface area contributed by atoms with Crippen molar-refractivity contribution in [3.8, 4) is 0 Å². The summed E-state index contributed by atoms with van der Waals surface area (Å²) in [5.41, 5.74) is 2.91. The van der Waals surface area contributed by atoms with Crippen LogP contribution < -0.4 is 5.46 Å². The minimum absolute atomic E-state index is 0.00699. The quantitative estimate of drug-likeness (QED) is 0.689. The van der Waals surface area contributed by atoms with Crippen molar-refractivity contribution in [1.29, 1.82) is 0 Å². The number of carbonyl (C=O) groups is 1. The van der Waals surface area contributed by atoms with E-state index in [0.717, 1.165) is 36.1 Å². The number of nitrogens with zero attached hydrogens (tertiary/aromatic N) is 2. The van der Waals surface area contributed by atoms with Gasteiger partial charge in [-0.05, 0) is 78.4 Å². The maximum Gasteiger partial charge on any atom is 0.494 e. The van der Waals surface area contributed by atoms with Crippen LogP contribution in [0.2, 0.25) is 0 Å². The lowest BCUT2D eigenvalue weighted by atomic mass is 9.78. The molecular weight excluding hydrogens is 379 g/mol. The van der Waals surface area contributed by atoms with Gasteiger partial charge < -0.3 is 14.0 Å². The maximum absolute atomic E-state index is 12.7. The van der Waals surface area contributed by atoms with Crippen LogP contribution in [0, 0.1) is 0 Å². The maximum atomic E-state index is 12.7. The lowest BCUT2D eigenvalue weighted by Crippen LogP contribution is -2.43. The molecule has 0 aliphatic carbocycles. The third-order valence-electron chi connectivity index (χ3n) is 6.54. The van der Waals surface area contributed by atoms with Crippen LogP contribution in [0.15, 0.2) is 23.2 Å². The molecule has 0 spiro atoms. The number of aliphatic imine (C=N–C) groups is 1. The van der Waals surface area contributed by atoms with Gasteiger partial charge in [-0.25, -0.2) is 4.79 Å². The van der Waals surface area contributed by atoms with Crippen LogP contribution in [0.1, 0.15) is 66.9 Å². The zero-order valence-electron chi connectivity index (χ0n) is 19.2. The van der Waals surface area contributed by atoms with Gasteiger partial charge in [0.25, 0.3) is 0 Å². The fourth-order valence-corrected chi connectivity index (χ4v) is 4.19. The molecule has 1 atom stereocenters. The first kappa shape index (κ1) is 21.4. The van der Waals surface area contributed by atoms with Crippen LogP contribution in [0.5, 0.6) is 0 Å². The second-order valence-electron chi connectivity index (χ2n) is 10.6. The Balaban J connectivity index is 1.53. The highest BCUT2D eigenvalue weighted by Crippen LogP contribution is 2.37. The van der Waals surface area contributed by atoms with Gasteiger partial charge in [0.05, 0.1) is 22.9 Å². The fourth-order valence-electron chi connectivity index (χ4n) is 4.19. The molecule has 30 heavy (non-hydrogen) atoms. The molecule has 0 aromatic heterocycles. The predicted molar refractivity (Wildman–Crippen MR) is 119 cm³/mol. The molecule has 0 saturated carbocycles. The van der Waals surface area contributed by atoms with E-state index in [1.807, 2.05) is 25.7 Å². The highest BCUT2D eigenvalue weighted by molar-refractivity contribution is 6.62. The summed E-state index contributed by atoms with van der Waals surface area (Å²) in [4.78, 5) is 19.4. The topological polar surface area (TPSA) is 60.4 Å². The van der Waals surface area contributed by atoms with Crippen LogP contribution in [0.3, 0.4) is 0 Å². The van der Waals surface area contributed by atoms with Crippen molar-refractivity contribution in [3.05, 3.63) is 23.8 Å². The summed E-state index contributed by atoms with van der Waals surface area (Å²) < 4.78 is 18.0. The Labute approximate surface area is 180 Å². The number of fused-ring (bicyclic) bond motifs is 1. The standard InChI is InChI=1S/C23H33BN2O4/c1-21(2,3)28-20(27)26-12-8-9-19(26)18-13-15-10-11-16(14-17(15)25-18)24-29-22(4,5)23(6,7)30-24/h10-11,14,19H,8-9,12-13H2,1-7H3/t19-/m0/s1. The average Bonchev–Trinajstić information content (AvgIpc) is 3.28. The number of rotatable bonds is 2. The van der Waals surface area contributed by atoms with Crippen molar-refractivity contribution in [2.24, 2.45) is 4.99 Å². The van der Waals surface area contributed by atoms with Gasteiger partial charge >= 0.3 is 13.2 Å². The molecule has 4 rings (SSSR count). The molecule has 3 heterocycles. The first-order chi connectivity index (χ1) is 13.9. The van der Waals surface area contributed by atoms with E-state index in [-0.39, 0.29) is 23.3 Å². The van der Waals surface area contributed by atoms with Crippen molar-refractivity contribution in [2.75, 3.05) is 6.54 Å². The van der Waals surface area contributed by atoms with E-state index in [1.165, 1.54) is 5.56 Å². The first-order valence-corrected chi connectivity index (χ1v) is 10.9. The normalized spacial score (nSPS) is 24.8. The SMILES string of the molecule is CC(C)(C)OC(=O)N1CCC[C@H]1C1=Nc2cc(B3OC(C)(C)C(C)(C)O3)ccc2C1. The molecular formula is C23H33BN2O4. The minimum atomic E-state index is -0.498. The Morgan fingerprint density at radius 1 is 1.20 bits per heavy atom. The Hall–Kier alpha value is -1.86. The molecule has 0 radical (unpaired) electrons. The molecule has 162 valence electrons. The number of benzene rings is 1. The van der Waals surface area contributed by atoms with Gasteiger partial charge in [-0.1, -0.05) is 12.1 Å². The van der Waals surface area contributed by atoms with Crippen molar-refractivity contribution >= 4 is 30.1 Å². The molecule has 3 aliphatic rings. The molecule has 1 amide bonds. The lowest BCUT2D eigenvalue weighted by Gasteiger charge is -2.32. The second kappa shape index (κ2) is 7.09. The van der Waals surface area contributed by atoms with E-state index in [9.17, 15) is 4.79 Å². The molecule has 7 heteroatoms. The highest BCUT2D eigenvalue weighted by atomic mass is 16.7.